The molecule has 3 aromatic rings. The van der Waals surface area contributed by atoms with E-state index in [2.05, 4.69) is 5.32 Å². The predicted octanol–water partition coefficient (Wildman–Crippen LogP) is 5.67. The van der Waals surface area contributed by atoms with E-state index in [-0.39, 0.29) is 17.3 Å². The van der Waals surface area contributed by atoms with Crippen LogP contribution >= 0.6 is 0 Å². The fourth-order valence-electron chi connectivity index (χ4n) is 4.41. The molecule has 0 aliphatic heterocycles. The smallest absolute Gasteiger partial charge is 0.264 e. The number of aryl methyl sites for hydroxylation is 3. The Morgan fingerprint density at radius 3 is 2.05 bits per heavy atom. The molecule has 0 unspecified atom stereocenters. The van der Waals surface area contributed by atoms with Gasteiger partial charge in [0.05, 0.1) is 10.6 Å². The predicted molar refractivity (Wildman–Crippen MR) is 161 cm³/mol. The molecule has 0 saturated heterocycles. The van der Waals surface area contributed by atoms with Crippen molar-refractivity contribution in [1.29, 1.82) is 0 Å². The van der Waals surface area contributed by atoms with E-state index in [0.717, 1.165) is 21.0 Å². The van der Waals surface area contributed by atoms with E-state index in [1.54, 1.807) is 43.3 Å². The fraction of sp³-hybridized carbons (Fsp3) is 0.375. The van der Waals surface area contributed by atoms with Crippen molar-refractivity contribution in [2.24, 2.45) is 0 Å². The van der Waals surface area contributed by atoms with Crippen LogP contribution in [0.15, 0.2) is 71.6 Å². The molecule has 220 valence electrons. The summed E-state index contributed by atoms with van der Waals surface area (Å²) in [7, 11) is -4.15. The molecule has 2 amide bonds. The lowest BCUT2D eigenvalue weighted by molar-refractivity contribution is -0.141. The lowest BCUT2D eigenvalue weighted by Gasteiger charge is -2.35. The third-order valence-corrected chi connectivity index (χ3v) is 8.60. The van der Waals surface area contributed by atoms with E-state index in [4.69, 9.17) is 0 Å². The zero-order chi connectivity index (χ0) is 30.5. The molecule has 0 spiro atoms. The molecule has 9 heteroatoms. The Morgan fingerprint density at radius 2 is 1.51 bits per heavy atom. The number of carbonyl (C=O) groups excluding carboxylic acids is 2. The van der Waals surface area contributed by atoms with Crippen molar-refractivity contribution in [2.75, 3.05) is 10.8 Å². The summed E-state index contributed by atoms with van der Waals surface area (Å²) in [6.07, 6.45) is 0.295. The Kier molecular flexibility index (Phi) is 9.97. The monoisotopic (exact) mass is 581 g/mol. The third kappa shape index (κ3) is 8.16. The molecular weight excluding hydrogens is 541 g/mol. The quantitative estimate of drug-likeness (QED) is 0.334. The topological polar surface area (TPSA) is 86.8 Å². The van der Waals surface area contributed by atoms with Gasteiger partial charge in [0.1, 0.15) is 18.4 Å². The number of nitrogens with zero attached hydrogens (tertiary/aromatic N) is 2. The van der Waals surface area contributed by atoms with Gasteiger partial charge < -0.3 is 10.2 Å². The fourth-order valence-corrected chi connectivity index (χ4v) is 5.81. The highest BCUT2D eigenvalue weighted by atomic mass is 32.2. The van der Waals surface area contributed by atoms with Crippen LogP contribution in [0, 0.1) is 26.6 Å². The van der Waals surface area contributed by atoms with Gasteiger partial charge in [-0.15, -0.1) is 0 Å². The maximum absolute atomic E-state index is 14.1. The first-order chi connectivity index (χ1) is 19.1. The van der Waals surface area contributed by atoms with Gasteiger partial charge in [-0.25, -0.2) is 12.8 Å². The van der Waals surface area contributed by atoms with Crippen LogP contribution in [0.25, 0.3) is 0 Å². The maximum atomic E-state index is 14.1. The highest BCUT2D eigenvalue weighted by molar-refractivity contribution is 7.92. The largest absolute Gasteiger partial charge is 0.350 e. The van der Waals surface area contributed by atoms with Crippen molar-refractivity contribution in [1.82, 2.24) is 10.2 Å². The van der Waals surface area contributed by atoms with Gasteiger partial charge in [0.25, 0.3) is 10.0 Å². The second-order valence-electron chi connectivity index (χ2n) is 11.4. The van der Waals surface area contributed by atoms with Gasteiger partial charge in [0, 0.05) is 12.1 Å². The van der Waals surface area contributed by atoms with Gasteiger partial charge in [-0.05, 0) is 101 Å². The maximum Gasteiger partial charge on any atom is 0.264 e. The second-order valence-corrected chi connectivity index (χ2v) is 13.3. The van der Waals surface area contributed by atoms with Gasteiger partial charge >= 0.3 is 0 Å². The van der Waals surface area contributed by atoms with E-state index in [0.29, 0.717) is 17.7 Å². The molecule has 0 radical (unpaired) electrons. The van der Waals surface area contributed by atoms with Crippen LogP contribution in [-0.2, 0) is 26.2 Å². The number of anilines is 1. The molecule has 0 aliphatic carbocycles. The molecule has 0 saturated carbocycles. The minimum atomic E-state index is -4.15. The molecular formula is C32H40FN3O4S. The molecule has 7 nitrogen and oxygen atoms in total. The minimum absolute atomic E-state index is 0.000524. The van der Waals surface area contributed by atoms with Crippen molar-refractivity contribution in [3.05, 3.63) is 94.8 Å². The number of sulfonamides is 1. The Balaban J connectivity index is 2.09. The Bertz CT molecular complexity index is 1480. The van der Waals surface area contributed by atoms with E-state index in [9.17, 15) is 22.4 Å². The van der Waals surface area contributed by atoms with Gasteiger partial charge in [-0.2, -0.15) is 0 Å². The standard InChI is InChI=1S/C32H40FN3O4S/c1-8-29(31(38)34-32(5,6)7)35(20-25-12-14-26(33)15-13-25)30(37)21-36(27-16-11-23(3)24(4)19-27)41(39,40)28-17-9-22(2)10-18-28/h9-19,29H,8,20-21H2,1-7H3,(H,34,38)/t29-/m1/s1. The van der Waals surface area contributed by atoms with Crippen LogP contribution in [0.2, 0.25) is 0 Å². The van der Waals surface area contributed by atoms with Gasteiger partial charge in [-0.3, -0.25) is 13.9 Å². The molecule has 1 N–H and O–H groups in total. The number of amides is 2. The van der Waals surface area contributed by atoms with Crippen LogP contribution in [0.1, 0.15) is 56.4 Å². The van der Waals surface area contributed by atoms with E-state index in [1.807, 2.05) is 47.6 Å². The van der Waals surface area contributed by atoms with Crippen molar-refractivity contribution in [3.63, 3.8) is 0 Å². The highest BCUT2D eigenvalue weighted by Gasteiger charge is 2.34. The van der Waals surface area contributed by atoms with Crippen LogP contribution in [0.5, 0.6) is 0 Å². The summed E-state index contributed by atoms with van der Waals surface area (Å²) in [5.74, 6) is -1.33. The zero-order valence-corrected chi connectivity index (χ0v) is 25.7. The number of nitrogens with one attached hydrogen (secondary N) is 1. The molecule has 0 heterocycles. The van der Waals surface area contributed by atoms with Gasteiger partial charge in [0.15, 0.2) is 0 Å². The number of benzene rings is 3. The summed E-state index contributed by atoms with van der Waals surface area (Å²) in [5, 5.41) is 2.94. The summed E-state index contributed by atoms with van der Waals surface area (Å²) in [4.78, 5) is 28.9. The second kappa shape index (κ2) is 12.9. The van der Waals surface area contributed by atoms with Crippen LogP contribution < -0.4 is 9.62 Å². The molecule has 0 aromatic heterocycles. The molecule has 3 aromatic carbocycles. The van der Waals surface area contributed by atoms with E-state index >= 15 is 0 Å². The first-order valence-electron chi connectivity index (χ1n) is 13.6. The molecule has 41 heavy (non-hydrogen) atoms. The summed E-state index contributed by atoms with van der Waals surface area (Å²) in [6, 6.07) is 16.5. The summed E-state index contributed by atoms with van der Waals surface area (Å²) >= 11 is 0. The van der Waals surface area contributed by atoms with Crippen LogP contribution in [0.4, 0.5) is 10.1 Å². The summed E-state index contributed by atoms with van der Waals surface area (Å²) in [5.41, 5.74) is 3.17. The lowest BCUT2D eigenvalue weighted by atomic mass is 10.1. The molecule has 0 fully saturated rings. The van der Waals surface area contributed by atoms with Gasteiger partial charge in [-0.1, -0.05) is 42.8 Å². The van der Waals surface area contributed by atoms with Crippen molar-refractivity contribution >= 4 is 27.5 Å². The van der Waals surface area contributed by atoms with E-state index in [1.165, 1.54) is 29.2 Å². The van der Waals surface area contributed by atoms with Crippen LogP contribution in [0.3, 0.4) is 0 Å². The highest BCUT2D eigenvalue weighted by Crippen LogP contribution is 2.27. The first kappa shape index (κ1) is 31.8. The third-order valence-electron chi connectivity index (χ3n) is 6.82. The average molecular weight is 582 g/mol. The number of halogens is 1. The number of hydrogen-bond donors (Lipinski definition) is 1. The minimum Gasteiger partial charge on any atom is -0.350 e. The molecule has 0 bridgehead atoms. The molecule has 3 rings (SSSR count). The number of carbonyl (C=O) groups is 2. The average Bonchev–Trinajstić information content (AvgIpc) is 2.89. The lowest BCUT2D eigenvalue weighted by Crippen LogP contribution is -2.55. The van der Waals surface area contributed by atoms with Crippen LogP contribution in [-0.4, -0.2) is 43.3 Å². The van der Waals surface area contributed by atoms with Crippen molar-refractivity contribution in [2.45, 2.75) is 77.9 Å². The van der Waals surface area contributed by atoms with E-state index < -0.39 is 39.9 Å². The first-order valence-corrected chi connectivity index (χ1v) is 15.1. The van der Waals surface area contributed by atoms with Crippen molar-refractivity contribution in [3.8, 4) is 0 Å². The normalized spacial score (nSPS) is 12.5. The van der Waals surface area contributed by atoms with Gasteiger partial charge in [0.2, 0.25) is 11.8 Å². The Morgan fingerprint density at radius 1 is 0.902 bits per heavy atom. The Hall–Kier alpha value is -3.72. The number of hydrogen-bond acceptors (Lipinski definition) is 4. The summed E-state index contributed by atoms with van der Waals surface area (Å²) in [6.45, 7) is 12.5. The van der Waals surface area contributed by atoms with Crippen molar-refractivity contribution < 1.29 is 22.4 Å². The molecule has 0 aliphatic rings. The number of rotatable bonds is 10. The molecule has 1 atom stereocenters. The Labute approximate surface area is 243 Å². The summed E-state index contributed by atoms with van der Waals surface area (Å²) < 4.78 is 42.7. The zero-order valence-electron chi connectivity index (χ0n) is 24.9. The SMILES string of the molecule is CC[C@H](C(=O)NC(C)(C)C)N(Cc1ccc(F)cc1)C(=O)CN(c1ccc(C)c(C)c1)S(=O)(=O)c1ccc(C)cc1.